The number of nitrogens with one attached hydrogen (secondary N) is 1. The molecule has 0 bridgehead atoms. The second-order valence-corrected chi connectivity index (χ2v) is 5.52. The minimum Gasteiger partial charge on any atom is -0.342 e. The minimum absolute atomic E-state index is 0.0151. The monoisotopic (exact) mass is 212 g/mol. The van der Waals surface area contributed by atoms with E-state index in [4.69, 9.17) is 0 Å². The van der Waals surface area contributed by atoms with E-state index >= 15 is 0 Å². The lowest BCUT2D eigenvalue weighted by molar-refractivity contribution is -0.137. The van der Waals surface area contributed by atoms with Crippen LogP contribution in [0.2, 0.25) is 0 Å². The number of piperidine rings is 1. The van der Waals surface area contributed by atoms with E-state index in [1.165, 1.54) is 6.42 Å². The van der Waals surface area contributed by atoms with Crippen LogP contribution in [0.15, 0.2) is 0 Å². The summed E-state index contributed by atoms with van der Waals surface area (Å²) in [4.78, 5) is 14.1. The second-order valence-electron chi connectivity index (χ2n) is 5.52. The molecule has 1 aliphatic heterocycles. The van der Waals surface area contributed by atoms with E-state index in [2.05, 4.69) is 19.2 Å². The van der Waals surface area contributed by atoms with Crippen molar-refractivity contribution in [3.63, 3.8) is 0 Å². The molecule has 3 nitrogen and oxygen atoms in total. The van der Waals surface area contributed by atoms with Gasteiger partial charge in [-0.3, -0.25) is 4.79 Å². The molecule has 1 heterocycles. The molecule has 0 aromatic rings. The molecule has 1 N–H and O–H groups in total. The zero-order valence-corrected chi connectivity index (χ0v) is 10.6. The van der Waals surface area contributed by atoms with E-state index in [9.17, 15) is 4.79 Å². The topological polar surface area (TPSA) is 32.3 Å². The molecule has 0 saturated carbocycles. The third-order valence-electron chi connectivity index (χ3n) is 3.50. The Hall–Kier alpha value is -0.570. The number of amides is 1. The van der Waals surface area contributed by atoms with Gasteiger partial charge in [0, 0.05) is 13.1 Å². The second kappa shape index (κ2) is 4.52. The predicted octanol–water partition coefficient (Wildman–Crippen LogP) is 1.63. The lowest BCUT2D eigenvalue weighted by atomic mass is 9.77. The average molecular weight is 212 g/mol. The van der Waals surface area contributed by atoms with Crippen molar-refractivity contribution in [1.29, 1.82) is 0 Å². The highest BCUT2D eigenvalue weighted by molar-refractivity contribution is 5.82. The first-order valence-corrected chi connectivity index (χ1v) is 5.86. The molecule has 1 rings (SSSR count). The quantitative estimate of drug-likeness (QED) is 0.754. The van der Waals surface area contributed by atoms with Crippen molar-refractivity contribution in [3.05, 3.63) is 0 Å². The zero-order valence-electron chi connectivity index (χ0n) is 10.6. The Morgan fingerprint density at radius 1 is 1.47 bits per heavy atom. The number of carbonyl (C=O) groups excluding carboxylic acids is 1. The number of hydrogen-bond donors (Lipinski definition) is 1. The maximum absolute atomic E-state index is 12.2. The van der Waals surface area contributed by atoms with E-state index in [-0.39, 0.29) is 23.4 Å². The number of rotatable bonds is 2. The van der Waals surface area contributed by atoms with Crippen LogP contribution in [0.5, 0.6) is 0 Å². The van der Waals surface area contributed by atoms with E-state index in [1.807, 2.05) is 25.8 Å². The van der Waals surface area contributed by atoms with Crippen molar-refractivity contribution in [3.8, 4) is 0 Å². The van der Waals surface area contributed by atoms with Crippen LogP contribution in [0.3, 0.4) is 0 Å². The molecular formula is C12H24N2O. The van der Waals surface area contributed by atoms with Crippen LogP contribution in [0, 0.1) is 5.41 Å². The molecule has 0 aliphatic carbocycles. The molecule has 1 fully saturated rings. The van der Waals surface area contributed by atoms with Gasteiger partial charge in [0.15, 0.2) is 0 Å². The molecule has 15 heavy (non-hydrogen) atoms. The summed E-state index contributed by atoms with van der Waals surface area (Å²) in [5.74, 6) is 0.231. The van der Waals surface area contributed by atoms with E-state index in [1.54, 1.807) is 0 Å². The average Bonchev–Trinajstić information content (AvgIpc) is 2.15. The molecular weight excluding hydrogens is 188 g/mol. The highest BCUT2D eigenvalue weighted by Gasteiger charge is 2.38. The van der Waals surface area contributed by atoms with Crippen molar-refractivity contribution in [2.75, 3.05) is 13.6 Å². The Morgan fingerprint density at radius 2 is 2.07 bits per heavy atom. The molecule has 88 valence electrons. The normalized spacial score (nSPS) is 25.3. The predicted molar refractivity (Wildman–Crippen MR) is 62.7 cm³/mol. The highest BCUT2D eigenvalue weighted by Crippen LogP contribution is 2.31. The molecule has 1 unspecified atom stereocenters. The summed E-state index contributed by atoms with van der Waals surface area (Å²) in [5, 5.41) is 3.35. The van der Waals surface area contributed by atoms with E-state index in [0.29, 0.717) is 0 Å². The summed E-state index contributed by atoms with van der Waals surface area (Å²) >= 11 is 0. The Bertz CT molecular complexity index is 236. The summed E-state index contributed by atoms with van der Waals surface area (Å²) in [5.41, 5.74) is 0.0818. The lowest BCUT2D eigenvalue weighted by Gasteiger charge is -2.40. The Kier molecular flexibility index (Phi) is 3.77. The van der Waals surface area contributed by atoms with Crippen LogP contribution in [0.4, 0.5) is 0 Å². The van der Waals surface area contributed by atoms with Crippen LogP contribution in [0.25, 0.3) is 0 Å². The van der Waals surface area contributed by atoms with Crippen LogP contribution in [-0.2, 0) is 4.79 Å². The largest absolute Gasteiger partial charge is 0.342 e. The molecule has 0 radical (unpaired) electrons. The van der Waals surface area contributed by atoms with Crippen molar-refractivity contribution in [1.82, 2.24) is 10.2 Å². The van der Waals surface area contributed by atoms with Crippen molar-refractivity contribution < 1.29 is 4.79 Å². The van der Waals surface area contributed by atoms with Gasteiger partial charge in [-0.25, -0.2) is 0 Å². The first-order chi connectivity index (χ1) is 6.86. The zero-order chi connectivity index (χ0) is 11.6. The van der Waals surface area contributed by atoms with Gasteiger partial charge in [0.05, 0.1) is 6.04 Å². The minimum atomic E-state index is -0.0151. The standard InChI is InChI=1S/C12H24N2O/c1-9(2)14(5)11(15)10-12(3,4)7-6-8-13-10/h9-10,13H,6-8H2,1-5H3. The van der Waals surface area contributed by atoms with Crippen LogP contribution < -0.4 is 5.32 Å². The number of carbonyl (C=O) groups is 1. The molecule has 1 amide bonds. The maximum atomic E-state index is 12.2. The van der Waals surface area contributed by atoms with Gasteiger partial charge in [0.1, 0.15) is 0 Å². The van der Waals surface area contributed by atoms with Crippen LogP contribution in [-0.4, -0.2) is 36.5 Å². The summed E-state index contributed by atoms with van der Waals surface area (Å²) in [6, 6.07) is 0.260. The summed E-state index contributed by atoms with van der Waals surface area (Å²) in [6.45, 7) is 9.42. The number of nitrogens with zero attached hydrogens (tertiary/aromatic N) is 1. The van der Waals surface area contributed by atoms with Gasteiger partial charge in [-0.2, -0.15) is 0 Å². The maximum Gasteiger partial charge on any atom is 0.240 e. The third-order valence-corrected chi connectivity index (χ3v) is 3.50. The highest BCUT2D eigenvalue weighted by atomic mass is 16.2. The molecule has 0 aromatic carbocycles. The Morgan fingerprint density at radius 3 is 2.53 bits per heavy atom. The van der Waals surface area contributed by atoms with Gasteiger partial charge >= 0.3 is 0 Å². The first kappa shape index (κ1) is 12.5. The molecule has 1 atom stereocenters. The fourth-order valence-corrected chi connectivity index (χ4v) is 2.09. The third kappa shape index (κ3) is 2.71. The Balaban J connectivity index is 2.73. The van der Waals surface area contributed by atoms with Crippen molar-refractivity contribution in [2.24, 2.45) is 5.41 Å². The van der Waals surface area contributed by atoms with Crippen LogP contribution >= 0.6 is 0 Å². The Labute approximate surface area is 93.2 Å². The smallest absolute Gasteiger partial charge is 0.240 e. The first-order valence-electron chi connectivity index (χ1n) is 5.86. The fourth-order valence-electron chi connectivity index (χ4n) is 2.09. The van der Waals surface area contributed by atoms with Gasteiger partial charge in [-0.1, -0.05) is 13.8 Å². The fraction of sp³-hybridized carbons (Fsp3) is 0.917. The van der Waals surface area contributed by atoms with Gasteiger partial charge in [0.25, 0.3) is 0 Å². The molecule has 3 heteroatoms. The molecule has 1 aliphatic rings. The summed E-state index contributed by atoms with van der Waals surface area (Å²) in [6.07, 6.45) is 2.30. The van der Waals surface area contributed by atoms with E-state index < -0.39 is 0 Å². The SMILES string of the molecule is CC(C)N(C)C(=O)C1NCCCC1(C)C. The van der Waals surface area contributed by atoms with Crippen molar-refractivity contribution >= 4 is 5.91 Å². The summed E-state index contributed by atoms with van der Waals surface area (Å²) < 4.78 is 0. The molecule has 1 saturated heterocycles. The number of hydrogen-bond acceptors (Lipinski definition) is 2. The number of likely N-dealkylation sites (N-methyl/N-ethyl adjacent to an activating group) is 1. The van der Waals surface area contributed by atoms with Gasteiger partial charge in [-0.05, 0) is 38.6 Å². The summed E-state index contributed by atoms with van der Waals surface area (Å²) in [7, 11) is 1.89. The molecule has 0 aromatic heterocycles. The van der Waals surface area contributed by atoms with E-state index in [0.717, 1.165) is 13.0 Å². The van der Waals surface area contributed by atoms with Gasteiger partial charge in [0.2, 0.25) is 5.91 Å². The van der Waals surface area contributed by atoms with Gasteiger partial charge in [-0.15, -0.1) is 0 Å². The molecule has 0 spiro atoms. The van der Waals surface area contributed by atoms with Gasteiger partial charge < -0.3 is 10.2 Å². The van der Waals surface area contributed by atoms with Crippen LogP contribution in [0.1, 0.15) is 40.5 Å². The van der Waals surface area contributed by atoms with Crippen molar-refractivity contribution in [2.45, 2.75) is 52.6 Å². The lowest BCUT2D eigenvalue weighted by Crippen LogP contribution is -2.56.